The highest BCUT2D eigenvalue weighted by Crippen LogP contribution is 2.49. The smallest absolute Gasteiger partial charge is 0.343 e. The van der Waals surface area contributed by atoms with E-state index >= 15 is 0 Å². The Bertz CT molecular complexity index is 910. The molecule has 0 spiro atoms. The number of carbonyl (C=O) groups is 3. The van der Waals surface area contributed by atoms with Gasteiger partial charge in [0.1, 0.15) is 24.1 Å². The molecule has 0 amide bonds. The van der Waals surface area contributed by atoms with E-state index in [4.69, 9.17) is 18.9 Å². The highest BCUT2D eigenvalue weighted by molar-refractivity contribution is 5.96. The van der Waals surface area contributed by atoms with E-state index < -0.39 is 41.0 Å². The van der Waals surface area contributed by atoms with Crippen molar-refractivity contribution >= 4 is 17.9 Å². The number of hydrogen-bond donors (Lipinski definition) is 2. The van der Waals surface area contributed by atoms with Crippen molar-refractivity contribution in [3.05, 3.63) is 34.6 Å². The second-order valence-electron chi connectivity index (χ2n) is 8.61. The van der Waals surface area contributed by atoms with E-state index in [-0.39, 0.29) is 36.4 Å². The van der Waals surface area contributed by atoms with Crippen molar-refractivity contribution in [2.24, 2.45) is 0 Å². The molecule has 2 bridgehead atoms. The topological polar surface area (TPSA) is 129 Å². The van der Waals surface area contributed by atoms with Crippen molar-refractivity contribution in [2.75, 3.05) is 6.61 Å². The molecule has 3 heterocycles. The van der Waals surface area contributed by atoms with Crippen molar-refractivity contribution in [3.63, 3.8) is 0 Å². The molecule has 1 fully saturated rings. The molecule has 0 aromatic heterocycles. The van der Waals surface area contributed by atoms with Gasteiger partial charge in [-0.1, -0.05) is 6.08 Å². The van der Waals surface area contributed by atoms with Gasteiger partial charge < -0.3 is 29.2 Å². The van der Waals surface area contributed by atoms with Gasteiger partial charge in [0.15, 0.2) is 5.79 Å². The Labute approximate surface area is 180 Å². The fraction of sp³-hybridized carbons (Fsp3) is 0.591. The van der Waals surface area contributed by atoms with Crippen molar-refractivity contribution in [1.82, 2.24) is 0 Å². The van der Waals surface area contributed by atoms with Crippen molar-refractivity contribution in [3.8, 4) is 0 Å². The molecule has 9 nitrogen and oxygen atoms in total. The van der Waals surface area contributed by atoms with Gasteiger partial charge in [-0.2, -0.15) is 0 Å². The van der Waals surface area contributed by atoms with Gasteiger partial charge in [-0.15, -0.1) is 0 Å². The number of hydrogen-bond acceptors (Lipinski definition) is 9. The Morgan fingerprint density at radius 3 is 2.55 bits per heavy atom. The summed E-state index contributed by atoms with van der Waals surface area (Å²) in [5.74, 6) is -3.82. The summed E-state index contributed by atoms with van der Waals surface area (Å²) in [7, 11) is 0. The summed E-state index contributed by atoms with van der Waals surface area (Å²) < 4.78 is 21.9. The van der Waals surface area contributed by atoms with E-state index in [1.54, 1.807) is 26.8 Å². The maximum absolute atomic E-state index is 12.6. The highest BCUT2D eigenvalue weighted by Gasteiger charge is 2.58. The SMILES string of the molecule is C/C=C(\C)C(=O)O[C@@H]1C[C@@](C)(O)[C@]2(O)CC[C@@](C)(/C=C3/OC(=O)C(COC(C)=O)=C31)O2. The monoisotopic (exact) mass is 436 g/mol. The molecule has 3 aliphatic rings. The summed E-state index contributed by atoms with van der Waals surface area (Å²) in [6.45, 7) is 7.13. The van der Waals surface area contributed by atoms with Gasteiger partial charge >= 0.3 is 17.9 Å². The molecular formula is C22H28O9. The van der Waals surface area contributed by atoms with Crippen LogP contribution >= 0.6 is 0 Å². The molecule has 3 rings (SSSR count). The molecule has 0 aromatic carbocycles. The lowest BCUT2D eigenvalue weighted by Crippen LogP contribution is -2.54. The van der Waals surface area contributed by atoms with Crippen LogP contribution in [0.2, 0.25) is 0 Å². The molecule has 0 radical (unpaired) electrons. The summed E-state index contributed by atoms with van der Waals surface area (Å²) in [6.07, 6.45) is 2.13. The first-order valence-corrected chi connectivity index (χ1v) is 10.1. The largest absolute Gasteiger partial charge is 0.461 e. The number of fused-ring (bicyclic) bond motifs is 3. The van der Waals surface area contributed by atoms with Crippen LogP contribution < -0.4 is 0 Å². The van der Waals surface area contributed by atoms with Gasteiger partial charge in [-0.05, 0) is 40.2 Å². The van der Waals surface area contributed by atoms with Gasteiger partial charge in [-0.3, -0.25) is 4.79 Å². The van der Waals surface area contributed by atoms with E-state index in [0.717, 1.165) is 0 Å². The minimum absolute atomic E-state index is 0.00143. The molecule has 2 N–H and O–H groups in total. The van der Waals surface area contributed by atoms with Crippen LogP contribution in [0.4, 0.5) is 0 Å². The minimum Gasteiger partial charge on any atom is -0.461 e. The first kappa shape index (κ1) is 23.2. The fourth-order valence-corrected chi connectivity index (χ4v) is 3.97. The van der Waals surface area contributed by atoms with Crippen LogP contribution in [0.15, 0.2) is 34.6 Å². The molecule has 9 heteroatoms. The molecule has 3 aliphatic heterocycles. The van der Waals surface area contributed by atoms with Crippen molar-refractivity contribution in [2.45, 2.75) is 77.0 Å². The van der Waals surface area contributed by atoms with Gasteiger partial charge in [0.25, 0.3) is 0 Å². The van der Waals surface area contributed by atoms with Gasteiger partial charge in [0.05, 0.1) is 11.2 Å². The van der Waals surface area contributed by atoms with Crippen LogP contribution in [0, 0.1) is 0 Å². The summed E-state index contributed by atoms with van der Waals surface area (Å²) in [4.78, 5) is 36.5. The fourth-order valence-electron chi connectivity index (χ4n) is 3.97. The van der Waals surface area contributed by atoms with Crippen LogP contribution in [0.1, 0.15) is 53.9 Å². The third kappa shape index (κ3) is 4.30. The molecule has 31 heavy (non-hydrogen) atoms. The van der Waals surface area contributed by atoms with Crippen molar-refractivity contribution < 1.29 is 43.5 Å². The second-order valence-corrected chi connectivity index (χ2v) is 8.61. The van der Waals surface area contributed by atoms with E-state index in [2.05, 4.69) is 0 Å². The third-order valence-electron chi connectivity index (χ3n) is 6.01. The lowest BCUT2D eigenvalue weighted by molar-refractivity contribution is -0.298. The average Bonchev–Trinajstić information content (AvgIpc) is 3.14. The van der Waals surface area contributed by atoms with Crippen LogP contribution in [-0.2, 0) is 33.3 Å². The van der Waals surface area contributed by atoms with Crippen LogP contribution in [0.3, 0.4) is 0 Å². The van der Waals surface area contributed by atoms with Gasteiger partial charge in [-0.25, -0.2) is 9.59 Å². The summed E-state index contributed by atoms with van der Waals surface area (Å²) in [5, 5.41) is 22.3. The van der Waals surface area contributed by atoms with Gasteiger partial charge in [0.2, 0.25) is 0 Å². The number of ether oxygens (including phenoxy) is 4. The normalized spacial score (nSPS) is 37.1. The molecule has 4 atom stereocenters. The Balaban J connectivity index is 2.17. The average molecular weight is 436 g/mol. The Morgan fingerprint density at radius 2 is 1.94 bits per heavy atom. The summed E-state index contributed by atoms with van der Waals surface area (Å²) in [6, 6.07) is 0. The molecule has 1 saturated heterocycles. The number of allylic oxidation sites excluding steroid dienone is 1. The third-order valence-corrected chi connectivity index (χ3v) is 6.01. The van der Waals surface area contributed by atoms with E-state index in [1.807, 2.05) is 0 Å². The molecular weight excluding hydrogens is 408 g/mol. The van der Waals surface area contributed by atoms with E-state index in [9.17, 15) is 24.6 Å². The lowest BCUT2D eigenvalue weighted by atomic mass is 9.82. The number of esters is 3. The van der Waals surface area contributed by atoms with E-state index in [0.29, 0.717) is 12.0 Å². The maximum Gasteiger partial charge on any atom is 0.343 e. The highest BCUT2D eigenvalue weighted by atomic mass is 16.7. The van der Waals surface area contributed by atoms with Crippen LogP contribution in [-0.4, -0.2) is 57.8 Å². The van der Waals surface area contributed by atoms with Crippen LogP contribution in [0.25, 0.3) is 0 Å². The first-order valence-electron chi connectivity index (χ1n) is 10.1. The zero-order valence-corrected chi connectivity index (χ0v) is 18.3. The Morgan fingerprint density at radius 1 is 1.26 bits per heavy atom. The summed E-state index contributed by atoms with van der Waals surface area (Å²) >= 11 is 0. The predicted octanol–water partition coefficient (Wildman–Crippen LogP) is 1.58. The second kappa shape index (κ2) is 7.89. The maximum atomic E-state index is 12.6. The quantitative estimate of drug-likeness (QED) is 0.383. The number of rotatable bonds is 4. The summed E-state index contributed by atoms with van der Waals surface area (Å²) in [5.41, 5.74) is -2.38. The number of aliphatic hydroxyl groups is 2. The van der Waals surface area contributed by atoms with Crippen LogP contribution in [0.5, 0.6) is 0 Å². The van der Waals surface area contributed by atoms with E-state index in [1.165, 1.54) is 19.9 Å². The predicted molar refractivity (Wildman–Crippen MR) is 106 cm³/mol. The standard InChI is InChI=1S/C22H28O9/c1-6-12(2)18(24)29-16-10-21(5,26)22(27)8-7-20(4,31-22)9-15-17(16)14(19(25)30-15)11-28-13(3)23/h6,9,16,26-27H,7-8,10-11H2,1-5H3/b12-6+,15-9+/t16-,20+,21-,22+/m1/s1. The Hall–Kier alpha value is -2.49. The zero-order valence-electron chi connectivity index (χ0n) is 18.3. The minimum atomic E-state index is -1.90. The molecule has 0 saturated carbocycles. The molecule has 170 valence electrons. The van der Waals surface area contributed by atoms with Gasteiger partial charge in [0, 0.05) is 30.9 Å². The molecule has 0 aromatic rings. The zero-order chi connectivity index (χ0) is 23.2. The molecule has 0 aliphatic carbocycles. The first-order chi connectivity index (χ1) is 14.3. The number of carbonyl (C=O) groups excluding carboxylic acids is 3. The Kier molecular flexibility index (Phi) is 5.90. The molecule has 0 unspecified atom stereocenters. The van der Waals surface area contributed by atoms with Crippen molar-refractivity contribution in [1.29, 1.82) is 0 Å². The lowest BCUT2D eigenvalue weighted by Gasteiger charge is -2.40.